The van der Waals surface area contributed by atoms with Gasteiger partial charge in [-0.05, 0) is 49.8 Å². The Balaban J connectivity index is 1.45. The molecule has 4 N–H and O–H groups in total. The second kappa shape index (κ2) is 9.87. The first kappa shape index (κ1) is 22.0. The van der Waals surface area contributed by atoms with Crippen LogP contribution in [0, 0.1) is 23.1 Å². The number of nitriles is 1. The molecule has 1 aromatic carbocycles. The van der Waals surface area contributed by atoms with Crippen molar-refractivity contribution in [2.45, 2.75) is 37.8 Å². The third kappa shape index (κ3) is 5.07. The molecule has 3 rings (SSSR count). The number of piperidine rings is 1. The van der Waals surface area contributed by atoms with E-state index in [2.05, 4.69) is 5.32 Å². The molecule has 162 valence electrons. The maximum Gasteiger partial charge on any atom is 0.251 e. The molecule has 0 spiro atoms. The molecule has 2 atom stereocenters. The van der Waals surface area contributed by atoms with Crippen molar-refractivity contribution in [3.63, 3.8) is 0 Å². The minimum atomic E-state index is -1.57. The van der Waals surface area contributed by atoms with Crippen LogP contribution in [0.3, 0.4) is 0 Å². The van der Waals surface area contributed by atoms with Crippen LogP contribution in [0.1, 0.15) is 31.2 Å². The van der Waals surface area contributed by atoms with Crippen LogP contribution in [-0.4, -0.2) is 66.7 Å². The van der Waals surface area contributed by atoms with Crippen LogP contribution in [-0.2, 0) is 9.59 Å². The number of hydrogen-bond donors (Lipinski definition) is 3. The number of carbonyl (C=O) groups is 2. The Morgan fingerprint density at radius 2 is 1.93 bits per heavy atom. The summed E-state index contributed by atoms with van der Waals surface area (Å²) in [5, 5.41) is 22.1. The van der Waals surface area contributed by atoms with Gasteiger partial charge in [0.1, 0.15) is 17.9 Å². The summed E-state index contributed by atoms with van der Waals surface area (Å²) in [6.45, 7) is 2.96. The average molecular weight is 417 g/mol. The van der Waals surface area contributed by atoms with E-state index in [1.165, 1.54) is 12.1 Å². The number of aliphatic hydroxyl groups excluding tert-OH is 1. The van der Waals surface area contributed by atoms with Crippen LogP contribution in [0.5, 0.6) is 0 Å². The van der Waals surface area contributed by atoms with E-state index in [1.54, 1.807) is 11.0 Å². The number of likely N-dealkylation sites (tertiary alicyclic amines) is 1. The average Bonchev–Trinajstić information content (AvgIpc) is 3.31. The van der Waals surface area contributed by atoms with Gasteiger partial charge in [-0.15, -0.1) is 0 Å². The topological polar surface area (TPSA) is 123 Å². The fourth-order valence-corrected chi connectivity index (χ4v) is 4.05. The van der Waals surface area contributed by atoms with E-state index < -0.39 is 29.8 Å². The molecular formula is C21H28FN5O3. The van der Waals surface area contributed by atoms with Crippen molar-refractivity contribution in [2.75, 3.05) is 37.6 Å². The lowest BCUT2D eigenvalue weighted by molar-refractivity contribution is -0.141. The lowest BCUT2D eigenvalue weighted by Gasteiger charge is -2.34. The van der Waals surface area contributed by atoms with Crippen molar-refractivity contribution in [2.24, 2.45) is 11.7 Å². The zero-order chi connectivity index (χ0) is 21.7. The van der Waals surface area contributed by atoms with E-state index in [-0.39, 0.29) is 5.92 Å². The van der Waals surface area contributed by atoms with Crippen molar-refractivity contribution < 1.29 is 19.1 Å². The molecule has 2 aliphatic rings. The second-order valence-corrected chi connectivity index (χ2v) is 7.95. The molecule has 0 bridgehead atoms. The summed E-state index contributed by atoms with van der Waals surface area (Å²) >= 11 is 0. The van der Waals surface area contributed by atoms with Crippen LogP contribution in [0.15, 0.2) is 18.2 Å². The summed E-state index contributed by atoms with van der Waals surface area (Å²) < 4.78 is 13.3. The molecule has 0 saturated carbocycles. The van der Waals surface area contributed by atoms with Crippen LogP contribution in [0.25, 0.3) is 0 Å². The highest BCUT2D eigenvalue weighted by Gasteiger charge is 2.33. The number of nitrogens with zero attached hydrogens (tertiary/aromatic N) is 3. The van der Waals surface area contributed by atoms with Gasteiger partial charge in [-0.2, -0.15) is 5.26 Å². The van der Waals surface area contributed by atoms with E-state index in [0.29, 0.717) is 44.0 Å². The highest BCUT2D eigenvalue weighted by molar-refractivity contribution is 5.91. The molecule has 30 heavy (non-hydrogen) atoms. The van der Waals surface area contributed by atoms with Crippen molar-refractivity contribution in [3.8, 4) is 6.07 Å². The molecule has 2 heterocycles. The highest BCUT2D eigenvalue weighted by Crippen LogP contribution is 2.26. The SMILES string of the molecule is N#Cc1cc(F)ccc1N1CCC(CNC(=O)[C@H](O)[C@@H](N)C(=O)N2CCCC2)CC1. The summed E-state index contributed by atoms with van der Waals surface area (Å²) in [5.74, 6) is -1.26. The third-order valence-electron chi connectivity index (χ3n) is 5.91. The second-order valence-electron chi connectivity index (χ2n) is 7.95. The first-order chi connectivity index (χ1) is 14.4. The van der Waals surface area contributed by atoms with Gasteiger partial charge in [0, 0.05) is 32.7 Å². The minimum absolute atomic E-state index is 0.203. The van der Waals surface area contributed by atoms with Crippen molar-refractivity contribution >= 4 is 17.5 Å². The summed E-state index contributed by atoms with van der Waals surface area (Å²) in [7, 11) is 0. The number of hydrogen-bond acceptors (Lipinski definition) is 6. The molecule has 0 aliphatic carbocycles. The number of benzene rings is 1. The van der Waals surface area contributed by atoms with Gasteiger partial charge in [-0.3, -0.25) is 9.59 Å². The van der Waals surface area contributed by atoms with Gasteiger partial charge >= 0.3 is 0 Å². The number of nitrogens with one attached hydrogen (secondary N) is 1. The Bertz CT molecular complexity index is 813. The maximum absolute atomic E-state index is 13.3. The molecule has 2 amide bonds. The smallest absolute Gasteiger partial charge is 0.251 e. The van der Waals surface area contributed by atoms with Gasteiger partial charge < -0.3 is 26.0 Å². The van der Waals surface area contributed by atoms with E-state index in [4.69, 9.17) is 5.73 Å². The Morgan fingerprint density at radius 3 is 2.57 bits per heavy atom. The Labute approximate surface area is 175 Å². The molecule has 2 saturated heterocycles. The zero-order valence-electron chi connectivity index (χ0n) is 16.9. The first-order valence-corrected chi connectivity index (χ1v) is 10.4. The summed E-state index contributed by atoms with van der Waals surface area (Å²) in [6.07, 6.45) is 1.80. The molecular weight excluding hydrogens is 389 g/mol. The Hall–Kier alpha value is -2.70. The molecule has 8 nitrogen and oxygen atoms in total. The predicted octanol–water partition coefficient (Wildman–Crippen LogP) is 0.341. The highest BCUT2D eigenvalue weighted by atomic mass is 19.1. The Kier molecular flexibility index (Phi) is 7.24. The minimum Gasteiger partial charge on any atom is -0.381 e. The molecule has 0 radical (unpaired) electrons. The standard InChI is InChI=1S/C21H28FN5O3/c22-16-3-4-17(15(11-16)12-23)26-9-5-14(6-10-26)13-25-20(29)19(28)18(24)21(30)27-7-1-2-8-27/h3-4,11,14,18-19,28H,1-2,5-10,13,24H2,(H,25,29)/t18-,19-/m1/s1. The number of rotatable bonds is 6. The predicted molar refractivity (Wildman–Crippen MR) is 109 cm³/mol. The van der Waals surface area contributed by atoms with Gasteiger partial charge in [0.15, 0.2) is 6.10 Å². The van der Waals surface area contributed by atoms with Crippen molar-refractivity contribution in [1.82, 2.24) is 10.2 Å². The number of amides is 2. The lowest BCUT2D eigenvalue weighted by atomic mass is 9.95. The van der Waals surface area contributed by atoms with E-state index in [0.717, 1.165) is 25.7 Å². The van der Waals surface area contributed by atoms with E-state index in [1.807, 2.05) is 11.0 Å². The van der Waals surface area contributed by atoms with E-state index in [9.17, 15) is 24.3 Å². The van der Waals surface area contributed by atoms with Gasteiger partial charge in [0.25, 0.3) is 5.91 Å². The van der Waals surface area contributed by atoms with E-state index >= 15 is 0 Å². The number of nitrogens with two attached hydrogens (primary N) is 1. The molecule has 2 aliphatic heterocycles. The van der Waals surface area contributed by atoms with Crippen LogP contribution in [0.4, 0.5) is 10.1 Å². The van der Waals surface area contributed by atoms with Crippen LogP contribution >= 0.6 is 0 Å². The van der Waals surface area contributed by atoms with Crippen molar-refractivity contribution in [3.05, 3.63) is 29.6 Å². The Morgan fingerprint density at radius 1 is 1.27 bits per heavy atom. The first-order valence-electron chi connectivity index (χ1n) is 10.4. The largest absolute Gasteiger partial charge is 0.381 e. The normalized spacial score (nSPS) is 19.3. The summed E-state index contributed by atoms with van der Waals surface area (Å²) in [6, 6.07) is 4.96. The van der Waals surface area contributed by atoms with Crippen LogP contribution < -0.4 is 16.0 Å². The monoisotopic (exact) mass is 417 g/mol. The fourth-order valence-electron chi connectivity index (χ4n) is 4.05. The maximum atomic E-state index is 13.3. The quantitative estimate of drug-likeness (QED) is 0.614. The van der Waals surface area contributed by atoms with Gasteiger partial charge in [0.2, 0.25) is 5.91 Å². The molecule has 2 fully saturated rings. The fraction of sp³-hybridized carbons (Fsp3) is 0.571. The van der Waals surface area contributed by atoms with Gasteiger partial charge in [0.05, 0.1) is 11.3 Å². The van der Waals surface area contributed by atoms with Gasteiger partial charge in [-0.1, -0.05) is 0 Å². The molecule has 1 aromatic rings. The molecule has 0 unspecified atom stereocenters. The third-order valence-corrected chi connectivity index (χ3v) is 5.91. The molecule has 0 aromatic heterocycles. The van der Waals surface area contributed by atoms with Crippen molar-refractivity contribution in [1.29, 1.82) is 5.26 Å². The summed E-state index contributed by atoms with van der Waals surface area (Å²) in [5.41, 5.74) is 6.83. The number of carbonyl (C=O) groups excluding carboxylic acids is 2. The lowest BCUT2D eigenvalue weighted by Crippen LogP contribution is -2.55. The summed E-state index contributed by atoms with van der Waals surface area (Å²) in [4.78, 5) is 28.1. The zero-order valence-corrected chi connectivity index (χ0v) is 16.9. The van der Waals surface area contributed by atoms with Gasteiger partial charge in [-0.25, -0.2) is 4.39 Å². The number of halogens is 1. The van der Waals surface area contributed by atoms with Crippen LogP contribution in [0.2, 0.25) is 0 Å². The number of anilines is 1. The number of aliphatic hydroxyl groups is 1. The molecule has 9 heteroatoms.